The van der Waals surface area contributed by atoms with Crippen molar-refractivity contribution in [2.45, 2.75) is 38.3 Å². The molecule has 1 aliphatic carbocycles. The van der Waals surface area contributed by atoms with Crippen LogP contribution in [0.3, 0.4) is 0 Å². The van der Waals surface area contributed by atoms with E-state index in [0.717, 1.165) is 38.7 Å². The molecule has 0 radical (unpaired) electrons. The van der Waals surface area contributed by atoms with Crippen molar-refractivity contribution >= 4 is 29.9 Å². The third-order valence-electron chi connectivity index (χ3n) is 4.91. The maximum Gasteiger partial charge on any atom is 0.191 e. The van der Waals surface area contributed by atoms with Crippen LogP contribution in [0.25, 0.3) is 0 Å². The van der Waals surface area contributed by atoms with Crippen LogP contribution in [-0.4, -0.2) is 62.8 Å². The predicted octanol–water partition coefficient (Wildman–Crippen LogP) is 2.68. The van der Waals surface area contributed by atoms with Gasteiger partial charge in [0, 0.05) is 45.2 Å². The van der Waals surface area contributed by atoms with Gasteiger partial charge >= 0.3 is 0 Å². The second-order valence-electron chi connectivity index (χ2n) is 7.60. The molecule has 2 fully saturated rings. The fourth-order valence-electron chi connectivity index (χ4n) is 3.59. The number of rotatable bonds is 6. The molecule has 2 N–H and O–H groups in total. The number of aliphatic imine (C=N–C) groups is 1. The van der Waals surface area contributed by atoms with Gasteiger partial charge < -0.3 is 15.4 Å². The Balaban J connectivity index is 0.00000243. The Bertz CT molecular complexity index is 566. The topological polar surface area (TPSA) is 48.9 Å². The highest BCUT2D eigenvalue weighted by molar-refractivity contribution is 14.0. The van der Waals surface area contributed by atoms with Gasteiger partial charge in [-0.15, -0.1) is 24.0 Å². The average molecular weight is 472 g/mol. The number of nitrogens with one attached hydrogen (secondary N) is 2. The highest BCUT2D eigenvalue weighted by Gasteiger charge is 2.38. The van der Waals surface area contributed by atoms with Crippen molar-refractivity contribution in [3.05, 3.63) is 35.9 Å². The highest BCUT2D eigenvalue weighted by atomic mass is 127. The van der Waals surface area contributed by atoms with E-state index >= 15 is 0 Å². The summed E-state index contributed by atoms with van der Waals surface area (Å²) in [5.41, 5.74) is 1.41. The SMILES string of the molecule is CN=C(NCC1CN(CC(C)C)CCO1)NC1CC1c1ccccc1.I. The minimum atomic E-state index is 0. The second kappa shape index (κ2) is 10.5. The van der Waals surface area contributed by atoms with E-state index in [4.69, 9.17) is 4.74 Å². The number of hydrogen-bond donors (Lipinski definition) is 2. The van der Waals surface area contributed by atoms with Crippen molar-refractivity contribution < 1.29 is 4.74 Å². The number of morpholine rings is 1. The van der Waals surface area contributed by atoms with Crippen molar-refractivity contribution in [3.8, 4) is 0 Å². The Morgan fingerprint density at radius 1 is 1.31 bits per heavy atom. The first-order valence-electron chi connectivity index (χ1n) is 9.51. The average Bonchev–Trinajstić information content (AvgIpc) is 3.38. The molecule has 1 heterocycles. The number of ether oxygens (including phenoxy) is 1. The molecule has 146 valence electrons. The number of benzene rings is 1. The van der Waals surface area contributed by atoms with E-state index in [1.165, 1.54) is 12.0 Å². The zero-order chi connectivity index (χ0) is 17.6. The highest BCUT2D eigenvalue weighted by Crippen LogP contribution is 2.40. The van der Waals surface area contributed by atoms with Gasteiger partial charge in [0.05, 0.1) is 12.7 Å². The van der Waals surface area contributed by atoms with Gasteiger partial charge in [0.2, 0.25) is 0 Å². The van der Waals surface area contributed by atoms with E-state index in [9.17, 15) is 0 Å². The first kappa shape index (κ1) is 21.4. The summed E-state index contributed by atoms with van der Waals surface area (Å²) in [7, 11) is 1.84. The van der Waals surface area contributed by atoms with Crippen LogP contribution in [0.2, 0.25) is 0 Å². The lowest BCUT2D eigenvalue weighted by atomic mass is 10.1. The normalized spacial score (nSPS) is 26.3. The summed E-state index contributed by atoms with van der Waals surface area (Å²) in [6.45, 7) is 9.36. The van der Waals surface area contributed by atoms with Gasteiger partial charge in [-0.1, -0.05) is 44.2 Å². The monoisotopic (exact) mass is 472 g/mol. The van der Waals surface area contributed by atoms with Gasteiger partial charge in [-0.05, 0) is 17.9 Å². The quantitative estimate of drug-likeness (QED) is 0.380. The molecule has 5 nitrogen and oxygen atoms in total. The first-order valence-corrected chi connectivity index (χ1v) is 9.51. The number of halogens is 1. The maximum atomic E-state index is 5.91. The summed E-state index contributed by atoms with van der Waals surface area (Å²) in [6, 6.07) is 11.2. The third-order valence-corrected chi connectivity index (χ3v) is 4.91. The Morgan fingerprint density at radius 2 is 2.08 bits per heavy atom. The molecule has 1 aromatic carbocycles. The van der Waals surface area contributed by atoms with Crippen LogP contribution in [0, 0.1) is 5.92 Å². The van der Waals surface area contributed by atoms with E-state index in [1.807, 2.05) is 7.05 Å². The molecule has 1 saturated heterocycles. The zero-order valence-corrected chi connectivity index (χ0v) is 18.5. The molecule has 0 aromatic heterocycles. The summed E-state index contributed by atoms with van der Waals surface area (Å²) >= 11 is 0. The van der Waals surface area contributed by atoms with Crippen molar-refractivity contribution in [2.24, 2.45) is 10.9 Å². The van der Waals surface area contributed by atoms with Crippen LogP contribution < -0.4 is 10.6 Å². The maximum absolute atomic E-state index is 5.91. The summed E-state index contributed by atoms with van der Waals surface area (Å²) < 4.78 is 5.91. The van der Waals surface area contributed by atoms with Gasteiger partial charge in [-0.25, -0.2) is 0 Å². The predicted molar refractivity (Wildman–Crippen MR) is 119 cm³/mol. The summed E-state index contributed by atoms with van der Waals surface area (Å²) in [6.07, 6.45) is 1.41. The number of nitrogens with zero attached hydrogens (tertiary/aromatic N) is 2. The van der Waals surface area contributed by atoms with Gasteiger partial charge in [0.1, 0.15) is 0 Å². The first-order chi connectivity index (χ1) is 12.2. The van der Waals surface area contributed by atoms with Gasteiger partial charge in [0.15, 0.2) is 5.96 Å². The van der Waals surface area contributed by atoms with Crippen molar-refractivity contribution in [1.29, 1.82) is 0 Å². The lowest BCUT2D eigenvalue weighted by Crippen LogP contribution is -2.50. The second-order valence-corrected chi connectivity index (χ2v) is 7.60. The van der Waals surface area contributed by atoms with E-state index in [0.29, 0.717) is 17.9 Å². The molecule has 0 bridgehead atoms. The van der Waals surface area contributed by atoms with Gasteiger partial charge in [-0.3, -0.25) is 9.89 Å². The molecule has 0 spiro atoms. The summed E-state index contributed by atoms with van der Waals surface area (Å²) in [5.74, 6) is 2.19. The molecule has 3 unspecified atom stereocenters. The lowest BCUT2D eigenvalue weighted by molar-refractivity contribution is -0.0284. The van der Waals surface area contributed by atoms with Crippen LogP contribution in [-0.2, 0) is 4.74 Å². The zero-order valence-electron chi connectivity index (χ0n) is 16.1. The van der Waals surface area contributed by atoms with Crippen molar-refractivity contribution in [1.82, 2.24) is 15.5 Å². The van der Waals surface area contributed by atoms with E-state index in [-0.39, 0.29) is 30.1 Å². The molecule has 0 amide bonds. The van der Waals surface area contributed by atoms with Gasteiger partial charge in [0.25, 0.3) is 0 Å². The lowest BCUT2D eigenvalue weighted by Gasteiger charge is -2.34. The van der Waals surface area contributed by atoms with Crippen LogP contribution >= 0.6 is 24.0 Å². The van der Waals surface area contributed by atoms with E-state index < -0.39 is 0 Å². The Hall–Kier alpha value is -0.860. The minimum absolute atomic E-state index is 0. The van der Waals surface area contributed by atoms with Crippen LogP contribution in [0.5, 0.6) is 0 Å². The van der Waals surface area contributed by atoms with Crippen molar-refractivity contribution in [3.63, 3.8) is 0 Å². The molecule has 3 rings (SSSR count). The molecule has 3 atom stereocenters. The van der Waals surface area contributed by atoms with Crippen LogP contribution in [0.15, 0.2) is 35.3 Å². The Morgan fingerprint density at radius 3 is 2.77 bits per heavy atom. The van der Waals surface area contributed by atoms with E-state index in [2.05, 4.69) is 64.7 Å². The molecule has 1 saturated carbocycles. The van der Waals surface area contributed by atoms with Crippen LogP contribution in [0.4, 0.5) is 0 Å². The molecular formula is C20H33IN4O. The number of guanidine groups is 1. The molecule has 6 heteroatoms. The van der Waals surface area contributed by atoms with Crippen LogP contribution in [0.1, 0.15) is 31.7 Å². The van der Waals surface area contributed by atoms with E-state index in [1.54, 1.807) is 0 Å². The minimum Gasteiger partial charge on any atom is -0.374 e. The fraction of sp³-hybridized carbons (Fsp3) is 0.650. The molecule has 1 aliphatic heterocycles. The molecular weight excluding hydrogens is 439 g/mol. The largest absolute Gasteiger partial charge is 0.374 e. The number of hydrogen-bond acceptors (Lipinski definition) is 3. The summed E-state index contributed by atoms with van der Waals surface area (Å²) in [4.78, 5) is 6.88. The smallest absolute Gasteiger partial charge is 0.191 e. The fourth-order valence-corrected chi connectivity index (χ4v) is 3.59. The third kappa shape index (κ3) is 6.39. The molecule has 26 heavy (non-hydrogen) atoms. The Kier molecular flexibility index (Phi) is 8.63. The van der Waals surface area contributed by atoms with Gasteiger partial charge in [-0.2, -0.15) is 0 Å². The standard InChI is InChI=1S/C20H32N4O.HI/c1-15(2)13-24-9-10-25-17(14-24)12-22-20(21-3)23-19-11-18(19)16-7-5-4-6-8-16;/h4-8,15,17-19H,9-14H2,1-3H3,(H2,21,22,23);1H. The molecule has 1 aromatic rings. The van der Waals surface area contributed by atoms with Crippen molar-refractivity contribution in [2.75, 3.05) is 39.8 Å². The molecule has 2 aliphatic rings. The Labute approximate surface area is 175 Å². The summed E-state index contributed by atoms with van der Waals surface area (Å²) in [5, 5.41) is 6.99.